The molecule has 0 unspecified atom stereocenters. The molecule has 158 valence electrons. The number of rotatable bonds is 16. The molecule has 0 aliphatic heterocycles. The third-order valence-electron chi connectivity index (χ3n) is 4.33. The first-order chi connectivity index (χ1) is 13.1. The Labute approximate surface area is 168 Å². The van der Waals surface area contributed by atoms with Crippen LogP contribution in [-0.4, -0.2) is 25.8 Å². The monoisotopic (exact) mass is 399 g/mol. The summed E-state index contributed by atoms with van der Waals surface area (Å²) in [6.45, 7) is 4.72. The number of pyridine rings is 1. The van der Waals surface area contributed by atoms with E-state index in [1.165, 1.54) is 44.9 Å². The summed E-state index contributed by atoms with van der Waals surface area (Å²) in [7, 11) is -3.27. The third-order valence-corrected chi connectivity index (χ3v) is 5.64. The molecule has 1 rings (SSSR count). The Hall–Kier alpha value is -0.940. The van der Waals surface area contributed by atoms with Crippen molar-refractivity contribution >= 4 is 10.1 Å². The van der Waals surface area contributed by atoms with Crippen molar-refractivity contribution in [3.8, 4) is 0 Å². The predicted molar refractivity (Wildman–Crippen MR) is 115 cm³/mol. The second kappa shape index (κ2) is 19.8. The SMILES string of the molecule is CCCCCCCCCCCOS(=O)(=O)CCCCCC.c1ccncc1. The molecule has 0 aliphatic rings. The van der Waals surface area contributed by atoms with Gasteiger partial charge in [0.05, 0.1) is 12.4 Å². The maximum Gasteiger partial charge on any atom is 0.267 e. The van der Waals surface area contributed by atoms with Crippen LogP contribution in [0, 0.1) is 0 Å². The number of unbranched alkanes of at least 4 members (excludes halogenated alkanes) is 11. The fourth-order valence-corrected chi connectivity index (χ4v) is 3.72. The van der Waals surface area contributed by atoms with Crippen molar-refractivity contribution in [1.29, 1.82) is 0 Å². The molecule has 27 heavy (non-hydrogen) atoms. The minimum Gasteiger partial charge on any atom is -0.270 e. The molecule has 0 aliphatic carbocycles. The van der Waals surface area contributed by atoms with Crippen LogP contribution in [0.2, 0.25) is 0 Å². The van der Waals surface area contributed by atoms with Gasteiger partial charge in [0.25, 0.3) is 10.1 Å². The van der Waals surface area contributed by atoms with Crippen molar-refractivity contribution < 1.29 is 12.6 Å². The standard InChI is InChI=1S/C17H36O3S.C5H5N/c1-3-5-7-9-10-11-12-13-14-16-20-21(18,19)17-15-8-6-4-2;1-2-4-6-5-3-1/h3-17H2,1-2H3;1-5H. The van der Waals surface area contributed by atoms with Crippen LogP contribution in [0.3, 0.4) is 0 Å². The second-order valence-corrected chi connectivity index (χ2v) is 8.76. The summed E-state index contributed by atoms with van der Waals surface area (Å²) in [6, 6.07) is 5.72. The lowest BCUT2D eigenvalue weighted by molar-refractivity contribution is 0.305. The van der Waals surface area contributed by atoms with Gasteiger partial charge in [-0.15, -0.1) is 0 Å². The average Bonchev–Trinajstić information content (AvgIpc) is 2.68. The number of hydrogen-bond donors (Lipinski definition) is 0. The van der Waals surface area contributed by atoms with Crippen LogP contribution >= 0.6 is 0 Å². The minimum atomic E-state index is -3.27. The van der Waals surface area contributed by atoms with Crippen molar-refractivity contribution in [2.75, 3.05) is 12.4 Å². The highest BCUT2D eigenvalue weighted by Gasteiger charge is 2.09. The highest BCUT2D eigenvalue weighted by atomic mass is 32.2. The van der Waals surface area contributed by atoms with E-state index in [0.29, 0.717) is 6.61 Å². The molecule has 0 amide bonds. The highest BCUT2D eigenvalue weighted by Crippen LogP contribution is 2.10. The Morgan fingerprint density at radius 1 is 0.667 bits per heavy atom. The van der Waals surface area contributed by atoms with E-state index in [1.54, 1.807) is 12.4 Å². The molecular weight excluding hydrogens is 358 g/mol. The Bertz CT molecular complexity index is 465. The zero-order valence-corrected chi connectivity index (χ0v) is 18.4. The Morgan fingerprint density at radius 3 is 1.59 bits per heavy atom. The van der Waals surface area contributed by atoms with Gasteiger partial charge in [0.15, 0.2) is 0 Å². The molecule has 0 spiro atoms. The van der Waals surface area contributed by atoms with Gasteiger partial charge in [0, 0.05) is 12.4 Å². The molecule has 4 nitrogen and oxygen atoms in total. The zero-order valence-electron chi connectivity index (χ0n) is 17.6. The lowest BCUT2D eigenvalue weighted by Crippen LogP contribution is -2.11. The van der Waals surface area contributed by atoms with Gasteiger partial charge < -0.3 is 0 Å². The fraction of sp³-hybridized carbons (Fsp3) is 0.773. The summed E-state index contributed by atoms with van der Waals surface area (Å²) >= 11 is 0. The molecule has 0 bridgehead atoms. The van der Waals surface area contributed by atoms with Crippen LogP contribution in [0.15, 0.2) is 30.6 Å². The molecule has 1 aromatic heterocycles. The molecule has 0 radical (unpaired) electrons. The van der Waals surface area contributed by atoms with Crippen molar-refractivity contribution in [2.24, 2.45) is 0 Å². The molecule has 1 aromatic rings. The maximum atomic E-state index is 11.6. The first kappa shape index (κ1) is 26.1. The lowest BCUT2D eigenvalue weighted by Gasteiger charge is -2.05. The summed E-state index contributed by atoms with van der Waals surface area (Å²) in [5.74, 6) is 0.185. The van der Waals surface area contributed by atoms with Gasteiger partial charge in [-0.1, -0.05) is 90.5 Å². The molecule has 0 aromatic carbocycles. The van der Waals surface area contributed by atoms with Crippen molar-refractivity contribution in [3.63, 3.8) is 0 Å². The Balaban J connectivity index is 0.000000941. The molecule has 0 N–H and O–H groups in total. The summed E-state index contributed by atoms with van der Waals surface area (Å²) in [4.78, 5) is 3.78. The van der Waals surface area contributed by atoms with Gasteiger partial charge in [-0.3, -0.25) is 9.17 Å². The first-order valence-corrected chi connectivity index (χ1v) is 12.4. The number of nitrogens with zero attached hydrogens (tertiary/aromatic N) is 1. The van der Waals surface area contributed by atoms with Crippen LogP contribution in [-0.2, 0) is 14.3 Å². The quantitative estimate of drug-likeness (QED) is 0.234. The van der Waals surface area contributed by atoms with E-state index in [2.05, 4.69) is 18.8 Å². The predicted octanol–water partition coefficient (Wildman–Crippen LogP) is 6.53. The fourth-order valence-electron chi connectivity index (χ4n) is 2.68. The topological polar surface area (TPSA) is 56.3 Å². The van der Waals surface area contributed by atoms with Gasteiger partial charge in [0.2, 0.25) is 0 Å². The van der Waals surface area contributed by atoms with E-state index in [4.69, 9.17) is 4.18 Å². The third kappa shape index (κ3) is 21.2. The molecule has 5 heteroatoms. The van der Waals surface area contributed by atoms with E-state index in [0.717, 1.165) is 38.5 Å². The van der Waals surface area contributed by atoms with E-state index in [-0.39, 0.29) is 5.75 Å². The van der Waals surface area contributed by atoms with Crippen LogP contribution < -0.4 is 0 Å². The average molecular weight is 400 g/mol. The number of hydrogen-bond acceptors (Lipinski definition) is 4. The van der Waals surface area contributed by atoms with E-state index in [9.17, 15) is 8.42 Å². The van der Waals surface area contributed by atoms with E-state index >= 15 is 0 Å². The van der Waals surface area contributed by atoms with E-state index < -0.39 is 10.1 Å². The van der Waals surface area contributed by atoms with Gasteiger partial charge in [0.1, 0.15) is 0 Å². The van der Waals surface area contributed by atoms with Crippen molar-refractivity contribution in [2.45, 2.75) is 97.3 Å². The van der Waals surface area contributed by atoms with Crippen LogP contribution in [0.5, 0.6) is 0 Å². The van der Waals surface area contributed by atoms with E-state index in [1.807, 2.05) is 18.2 Å². The summed E-state index contributed by atoms with van der Waals surface area (Å²) in [5.41, 5.74) is 0. The molecule has 0 saturated heterocycles. The van der Waals surface area contributed by atoms with Crippen LogP contribution in [0.1, 0.15) is 97.3 Å². The highest BCUT2D eigenvalue weighted by molar-refractivity contribution is 7.86. The van der Waals surface area contributed by atoms with Gasteiger partial charge >= 0.3 is 0 Å². The largest absolute Gasteiger partial charge is 0.270 e. The summed E-state index contributed by atoms with van der Waals surface area (Å²) < 4.78 is 28.3. The second-order valence-electron chi connectivity index (χ2n) is 7.00. The van der Waals surface area contributed by atoms with Crippen LogP contribution in [0.25, 0.3) is 0 Å². The summed E-state index contributed by atoms with van der Waals surface area (Å²) in [6.07, 6.45) is 18.5. The smallest absolute Gasteiger partial charge is 0.267 e. The maximum absolute atomic E-state index is 11.6. The number of aromatic nitrogens is 1. The van der Waals surface area contributed by atoms with Crippen molar-refractivity contribution in [3.05, 3.63) is 30.6 Å². The molecule has 0 atom stereocenters. The summed E-state index contributed by atoms with van der Waals surface area (Å²) in [5, 5.41) is 0. The van der Waals surface area contributed by atoms with Crippen molar-refractivity contribution in [1.82, 2.24) is 4.98 Å². The van der Waals surface area contributed by atoms with Gasteiger partial charge in [-0.05, 0) is 25.0 Å². The van der Waals surface area contributed by atoms with Gasteiger partial charge in [-0.25, -0.2) is 0 Å². The lowest BCUT2D eigenvalue weighted by atomic mass is 10.1. The Kier molecular flexibility index (Phi) is 19.1. The van der Waals surface area contributed by atoms with Gasteiger partial charge in [-0.2, -0.15) is 8.42 Å². The molecule has 1 heterocycles. The first-order valence-electron chi connectivity index (χ1n) is 10.8. The zero-order chi connectivity index (χ0) is 20.1. The Morgan fingerprint density at radius 2 is 1.15 bits per heavy atom. The molecule has 0 saturated carbocycles. The normalized spacial score (nSPS) is 11.0. The molecular formula is C22H41NO3S. The minimum absolute atomic E-state index is 0.185. The van der Waals surface area contributed by atoms with Crippen LogP contribution in [0.4, 0.5) is 0 Å². The molecule has 0 fully saturated rings.